The molecule has 1 aromatic heterocycles. The Morgan fingerprint density at radius 2 is 1.68 bits per heavy atom. The molecule has 0 aliphatic heterocycles. The summed E-state index contributed by atoms with van der Waals surface area (Å²) in [6.07, 6.45) is 0. The molecule has 5 nitrogen and oxygen atoms in total. The van der Waals surface area contributed by atoms with Crippen LogP contribution in [-0.2, 0) is 6.54 Å². The second-order valence-electron chi connectivity index (χ2n) is 5.48. The van der Waals surface area contributed by atoms with Crippen LogP contribution in [0.1, 0.15) is 17.0 Å². The molecule has 0 aliphatic carbocycles. The molecule has 0 bridgehead atoms. The van der Waals surface area contributed by atoms with Crippen LogP contribution in [0.4, 0.5) is 17.3 Å². The Morgan fingerprint density at radius 3 is 2.36 bits per heavy atom. The number of benzene rings is 2. The van der Waals surface area contributed by atoms with E-state index in [1.807, 2.05) is 49.4 Å². The molecule has 0 spiro atoms. The van der Waals surface area contributed by atoms with E-state index < -0.39 is 0 Å². The second kappa shape index (κ2) is 7.65. The van der Waals surface area contributed by atoms with Crippen molar-refractivity contribution in [3.8, 4) is 6.07 Å². The highest BCUT2D eigenvalue weighted by molar-refractivity contribution is 6.30. The van der Waals surface area contributed by atoms with E-state index in [0.717, 1.165) is 22.1 Å². The zero-order valence-corrected chi connectivity index (χ0v) is 14.4. The van der Waals surface area contributed by atoms with Gasteiger partial charge in [0.25, 0.3) is 0 Å². The molecule has 2 N–H and O–H groups in total. The van der Waals surface area contributed by atoms with Crippen LogP contribution in [0.2, 0.25) is 5.02 Å². The molecular weight excluding hydrogens is 334 g/mol. The largest absolute Gasteiger partial charge is 0.366 e. The Hall–Kier alpha value is -3.10. The van der Waals surface area contributed by atoms with Crippen LogP contribution in [-0.4, -0.2) is 9.97 Å². The molecule has 0 saturated carbocycles. The average molecular weight is 350 g/mol. The third-order valence-corrected chi connectivity index (χ3v) is 3.76. The minimum atomic E-state index is 0.620. The predicted molar refractivity (Wildman–Crippen MR) is 100.0 cm³/mol. The molecule has 124 valence electrons. The van der Waals surface area contributed by atoms with Gasteiger partial charge in [0.15, 0.2) is 0 Å². The van der Waals surface area contributed by atoms with Gasteiger partial charge in [0, 0.05) is 23.3 Å². The Morgan fingerprint density at radius 1 is 1.00 bits per heavy atom. The van der Waals surface area contributed by atoms with Crippen LogP contribution >= 0.6 is 11.6 Å². The van der Waals surface area contributed by atoms with Gasteiger partial charge in [-0.15, -0.1) is 0 Å². The third-order valence-electron chi connectivity index (χ3n) is 3.51. The molecule has 2 aromatic carbocycles. The number of hydrogen-bond donors (Lipinski definition) is 2. The molecule has 0 saturated heterocycles. The summed E-state index contributed by atoms with van der Waals surface area (Å²) in [6.45, 7) is 2.49. The number of anilines is 3. The highest BCUT2D eigenvalue weighted by atomic mass is 35.5. The number of aromatic nitrogens is 2. The molecule has 6 heteroatoms. The second-order valence-corrected chi connectivity index (χ2v) is 5.92. The van der Waals surface area contributed by atoms with Crippen LogP contribution < -0.4 is 10.6 Å². The monoisotopic (exact) mass is 349 g/mol. The van der Waals surface area contributed by atoms with E-state index >= 15 is 0 Å². The molecule has 0 atom stereocenters. The highest BCUT2D eigenvalue weighted by Crippen LogP contribution is 2.18. The smallest absolute Gasteiger partial charge is 0.136 e. The first-order valence-electron chi connectivity index (χ1n) is 7.73. The molecule has 3 aromatic rings. The molecule has 0 fully saturated rings. The molecule has 0 unspecified atom stereocenters. The van der Waals surface area contributed by atoms with Crippen LogP contribution in [0.25, 0.3) is 0 Å². The maximum Gasteiger partial charge on any atom is 0.136 e. The van der Waals surface area contributed by atoms with Crippen LogP contribution in [0, 0.1) is 18.3 Å². The lowest BCUT2D eigenvalue weighted by molar-refractivity contribution is 1.03. The quantitative estimate of drug-likeness (QED) is 0.700. The fourth-order valence-electron chi connectivity index (χ4n) is 2.29. The van der Waals surface area contributed by atoms with Gasteiger partial charge in [-0.2, -0.15) is 5.26 Å². The number of nitrogens with one attached hydrogen (secondary N) is 2. The van der Waals surface area contributed by atoms with Crippen molar-refractivity contribution in [2.45, 2.75) is 13.5 Å². The lowest BCUT2D eigenvalue weighted by atomic mass is 10.2. The van der Waals surface area contributed by atoms with Gasteiger partial charge < -0.3 is 10.6 Å². The van der Waals surface area contributed by atoms with E-state index in [9.17, 15) is 0 Å². The van der Waals surface area contributed by atoms with Crippen LogP contribution in [0.5, 0.6) is 0 Å². The summed E-state index contributed by atoms with van der Waals surface area (Å²) in [6, 6.07) is 18.8. The average Bonchev–Trinajstić information content (AvgIpc) is 2.61. The number of aryl methyl sites for hydroxylation is 1. The van der Waals surface area contributed by atoms with Crippen molar-refractivity contribution in [1.29, 1.82) is 5.26 Å². The number of rotatable bonds is 5. The van der Waals surface area contributed by atoms with Gasteiger partial charge in [-0.25, -0.2) is 9.97 Å². The molecule has 1 heterocycles. The first kappa shape index (κ1) is 16.7. The SMILES string of the molecule is Cc1nc(NCc2ccc(Cl)cc2)cc(Nc2ccc(C#N)cc2)n1. The number of nitrogens with zero attached hydrogens (tertiary/aromatic N) is 3. The summed E-state index contributed by atoms with van der Waals surface area (Å²) in [7, 11) is 0. The van der Waals surface area contributed by atoms with E-state index in [2.05, 4.69) is 26.7 Å². The van der Waals surface area contributed by atoms with Gasteiger partial charge in [0.2, 0.25) is 0 Å². The third kappa shape index (κ3) is 4.69. The van der Waals surface area contributed by atoms with Gasteiger partial charge in [-0.1, -0.05) is 23.7 Å². The van der Waals surface area contributed by atoms with Crippen molar-refractivity contribution in [2.24, 2.45) is 0 Å². The van der Waals surface area contributed by atoms with E-state index in [-0.39, 0.29) is 0 Å². The van der Waals surface area contributed by atoms with Crippen molar-refractivity contribution in [3.05, 3.63) is 76.6 Å². The standard InChI is InChI=1S/C19H16ClN5/c1-13-23-18(22-12-15-2-6-16(20)7-3-15)10-19(24-13)25-17-8-4-14(11-21)5-9-17/h2-10H,12H2,1H3,(H2,22,23,24,25). The molecular formula is C19H16ClN5. The normalized spacial score (nSPS) is 10.1. The van der Waals surface area contributed by atoms with Crippen molar-refractivity contribution in [2.75, 3.05) is 10.6 Å². The highest BCUT2D eigenvalue weighted by Gasteiger charge is 2.03. The predicted octanol–water partition coefficient (Wildman–Crippen LogP) is 4.67. The zero-order chi connectivity index (χ0) is 17.6. The number of hydrogen-bond acceptors (Lipinski definition) is 5. The molecule has 0 amide bonds. The Labute approximate surface area is 151 Å². The fraction of sp³-hybridized carbons (Fsp3) is 0.105. The van der Waals surface area contributed by atoms with Gasteiger partial charge >= 0.3 is 0 Å². The molecule has 25 heavy (non-hydrogen) atoms. The summed E-state index contributed by atoms with van der Waals surface area (Å²) in [5, 5.41) is 16.1. The van der Waals surface area contributed by atoms with Crippen molar-refractivity contribution in [3.63, 3.8) is 0 Å². The summed E-state index contributed by atoms with van der Waals surface area (Å²) in [5.41, 5.74) is 2.60. The zero-order valence-electron chi connectivity index (χ0n) is 13.6. The topological polar surface area (TPSA) is 73.6 Å². The van der Waals surface area contributed by atoms with Gasteiger partial charge in [-0.05, 0) is 48.9 Å². The van der Waals surface area contributed by atoms with Crippen LogP contribution in [0.3, 0.4) is 0 Å². The number of nitriles is 1. The number of halogens is 1. The Bertz CT molecular complexity index is 899. The van der Waals surface area contributed by atoms with Crippen molar-refractivity contribution >= 4 is 28.9 Å². The van der Waals surface area contributed by atoms with E-state index in [4.69, 9.17) is 16.9 Å². The van der Waals surface area contributed by atoms with E-state index in [0.29, 0.717) is 23.8 Å². The molecule has 0 aliphatic rings. The van der Waals surface area contributed by atoms with Crippen molar-refractivity contribution < 1.29 is 0 Å². The fourth-order valence-corrected chi connectivity index (χ4v) is 2.42. The van der Waals surface area contributed by atoms with E-state index in [1.54, 1.807) is 12.1 Å². The maximum atomic E-state index is 8.85. The molecule has 0 radical (unpaired) electrons. The van der Waals surface area contributed by atoms with Gasteiger partial charge in [-0.3, -0.25) is 0 Å². The van der Waals surface area contributed by atoms with E-state index in [1.165, 1.54) is 0 Å². The minimum Gasteiger partial charge on any atom is -0.366 e. The molecule has 3 rings (SSSR count). The summed E-state index contributed by atoms with van der Waals surface area (Å²) >= 11 is 5.90. The van der Waals surface area contributed by atoms with Gasteiger partial charge in [0.1, 0.15) is 17.5 Å². The minimum absolute atomic E-state index is 0.620. The van der Waals surface area contributed by atoms with Gasteiger partial charge in [0.05, 0.1) is 11.6 Å². The summed E-state index contributed by atoms with van der Waals surface area (Å²) in [4.78, 5) is 8.80. The lowest BCUT2D eigenvalue weighted by Gasteiger charge is -2.10. The maximum absolute atomic E-state index is 8.85. The Kier molecular flexibility index (Phi) is 5.12. The lowest BCUT2D eigenvalue weighted by Crippen LogP contribution is -2.05. The Balaban J connectivity index is 1.71. The van der Waals surface area contributed by atoms with Crippen molar-refractivity contribution in [1.82, 2.24) is 9.97 Å². The first-order valence-corrected chi connectivity index (χ1v) is 8.11. The summed E-state index contributed by atoms with van der Waals surface area (Å²) in [5.74, 6) is 2.09. The summed E-state index contributed by atoms with van der Waals surface area (Å²) < 4.78 is 0. The first-order chi connectivity index (χ1) is 12.1. The van der Waals surface area contributed by atoms with Crippen LogP contribution in [0.15, 0.2) is 54.6 Å².